The molecule has 0 aliphatic rings. The smallest absolute Gasteiger partial charge is 0.131 e. The highest BCUT2D eigenvalue weighted by atomic mass is 79.9. The minimum atomic E-state index is 0.0667. The molecule has 0 aliphatic heterocycles. The van der Waals surface area contributed by atoms with Crippen LogP contribution in [0.5, 0.6) is 11.5 Å². The Morgan fingerprint density at radius 3 is 2.19 bits per heavy atom. The minimum absolute atomic E-state index is 0.0667. The van der Waals surface area contributed by atoms with Crippen LogP contribution in [-0.2, 0) is 6.54 Å². The zero-order chi connectivity index (χ0) is 15.5. The molecule has 0 saturated heterocycles. The quantitative estimate of drug-likeness (QED) is 0.675. The lowest BCUT2D eigenvalue weighted by Crippen LogP contribution is -2.35. The number of benzene rings is 2. The highest BCUT2D eigenvalue weighted by Crippen LogP contribution is 2.29. The SMILES string of the molecule is CC(C)(C)NCc1cc(Br)ccc1Oc1ccc(Br)cc1. The Morgan fingerprint density at radius 2 is 1.57 bits per heavy atom. The molecule has 0 unspecified atom stereocenters. The minimum Gasteiger partial charge on any atom is -0.457 e. The zero-order valence-electron chi connectivity index (χ0n) is 12.4. The summed E-state index contributed by atoms with van der Waals surface area (Å²) >= 11 is 6.95. The number of hydrogen-bond donors (Lipinski definition) is 1. The maximum absolute atomic E-state index is 6.00. The van der Waals surface area contributed by atoms with Crippen LogP contribution in [0, 0.1) is 0 Å². The second kappa shape index (κ2) is 6.95. The van der Waals surface area contributed by atoms with Crippen LogP contribution in [0.3, 0.4) is 0 Å². The summed E-state index contributed by atoms with van der Waals surface area (Å²) in [6.07, 6.45) is 0. The Kier molecular flexibility index (Phi) is 5.47. The average Bonchev–Trinajstić information content (AvgIpc) is 2.40. The molecule has 0 spiro atoms. The van der Waals surface area contributed by atoms with E-state index in [0.717, 1.165) is 32.6 Å². The van der Waals surface area contributed by atoms with Crippen molar-refractivity contribution in [1.82, 2.24) is 5.32 Å². The number of ether oxygens (including phenoxy) is 1. The van der Waals surface area contributed by atoms with Gasteiger partial charge in [0, 0.05) is 26.6 Å². The summed E-state index contributed by atoms with van der Waals surface area (Å²) in [6.45, 7) is 7.22. The lowest BCUT2D eigenvalue weighted by Gasteiger charge is -2.21. The van der Waals surface area contributed by atoms with Gasteiger partial charge in [-0.05, 0) is 63.2 Å². The van der Waals surface area contributed by atoms with Gasteiger partial charge in [-0.25, -0.2) is 0 Å². The summed E-state index contributed by atoms with van der Waals surface area (Å²) in [4.78, 5) is 0. The molecule has 0 aromatic heterocycles. The molecule has 2 aromatic carbocycles. The summed E-state index contributed by atoms with van der Waals surface area (Å²) in [6, 6.07) is 13.9. The largest absolute Gasteiger partial charge is 0.457 e. The van der Waals surface area contributed by atoms with Crippen molar-refractivity contribution in [1.29, 1.82) is 0 Å². The van der Waals surface area contributed by atoms with Gasteiger partial charge in [0.25, 0.3) is 0 Å². The van der Waals surface area contributed by atoms with Crippen LogP contribution in [0.1, 0.15) is 26.3 Å². The first-order chi connectivity index (χ1) is 9.83. The monoisotopic (exact) mass is 411 g/mol. The van der Waals surface area contributed by atoms with Crippen molar-refractivity contribution < 1.29 is 4.74 Å². The molecular weight excluding hydrogens is 394 g/mol. The van der Waals surface area contributed by atoms with E-state index in [2.05, 4.69) is 64.0 Å². The Bertz CT molecular complexity index is 603. The van der Waals surface area contributed by atoms with Crippen molar-refractivity contribution in [3.63, 3.8) is 0 Å². The first kappa shape index (κ1) is 16.5. The highest BCUT2D eigenvalue weighted by molar-refractivity contribution is 9.10. The molecule has 0 heterocycles. The van der Waals surface area contributed by atoms with Crippen LogP contribution in [-0.4, -0.2) is 5.54 Å². The van der Waals surface area contributed by atoms with Gasteiger partial charge in [0.2, 0.25) is 0 Å². The normalized spacial score (nSPS) is 11.5. The highest BCUT2D eigenvalue weighted by Gasteiger charge is 2.12. The van der Waals surface area contributed by atoms with Crippen LogP contribution in [0.15, 0.2) is 51.4 Å². The molecule has 0 radical (unpaired) electrons. The van der Waals surface area contributed by atoms with E-state index in [9.17, 15) is 0 Å². The van der Waals surface area contributed by atoms with Gasteiger partial charge in [0.05, 0.1) is 0 Å². The summed E-state index contributed by atoms with van der Waals surface area (Å²) in [5.41, 5.74) is 1.19. The Labute approximate surface area is 143 Å². The second-order valence-electron chi connectivity index (χ2n) is 5.91. The molecule has 1 N–H and O–H groups in total. The molecule has 2 rings (SSSR count). The van der Waals surface area contributed by atoms with E-state index in [1.54, 1.807) is 0 Å². The number of nitrogens with one attached hydrogen (secondary N) is 1. The van der Waals surface area contributed by atoms with Crippen LogP contribution < -0.4 is 10.1 Å². The van der Waals surface area contributed by atoms with Crippen LogP contribution in [0.2, 0.25) is 0 Å². The third kappa shape index (κ3) is 5.46. The number of rotatable bonds is 4. The lowest BCUT2D eigenvalue weighted by molar-refractivity contribution is 0.414. The van der Waals surface area contributed by atoms with E-state index < -0.39 is 0 Å². The van der Waals surface area contributed by atoms with Gasteiger partial charge in [0.1, 0.15) is 11.5 Å². The predicted octanol–water partition coefficient (Wildman–Crippen LogP) is 5.89. The van der Waals surface area contributed by atoms with E-state index >= 15 is 0 Å². The van der Waals surface area contributed by atoms with Crippen molar-refractivity contribution in [2.45, 2.75) is 32.9 Å². The summed E-state index contributed by atoms with van der Waals surface area (Å²) in [7, 11) is 0. The van der Waals surface area contributed by atoms with E-state index in [4.69, 9.17) is 4.74 Å². The van der Waals surface area contributed by atoms with E-state index in [0.29, 0.717) is 0 Å². The lowest BCUT2D eigenvalue weighted by atomic mass is 10.1. The first-order valence-electron chi connectivity index (χ1n) is 6.80. The Balaban J connectivity index is 2.20. The molecule has 0 saturated carbocycles. The van der Waals surface area contributed by atoms with Crippen LogP contribution in [0.25, 0.3) is 0 Å². The van der Waals surface area contributed by atoms with Crippen molar-refractivity contribution in [2.75, 3.05) is 0 Å². The topological polar surface area (TPSA) is 21.3 Å². The fourth-order valence-electron chi connectivity index (χ4n) is 1.78. The second-order valence-corrected chi connectivity index (χ2v) is 7.74. The van der Waals surface area contributed by atoms with Gasteiger partial charge in [-0.2, -0.15) is 0 Å². The van der Waals surface area contributed by atoms with E-state index in [1.807, 2.05) is 36.4 Å². The number of halogens is 2. The van der Waals surface area contributed by atoms with Crippen molar-refractivity contribution in [3.8, 4) is 11.5 Å². The third-order valence-corrected chi connectivity index (χ3v) is 3.90. The molecule has 2 aromatic rings. The van der Waals surface area contributed by atoms with Gasteiger partial charge < -0.3 is 10.1 Å². The summed E-state index contributed by atoms with van der Waals surface area (Å²) in [5.74, 6) is 1.70. The fourth-order valence-corrected chi connectivity index (χ4v) is 2.45. The Morgan fingerprint density at radius 1 is 0.952 bits per heavy atom. The van der Waals surface area contributed by atoms with Gasteiger partial charge in [-0.3, -0.25) is 0 Å². The molecule has 4 heteroatoms. The maximum Gasteiger partial charge on any atom is 0.131 e. The van der Waals surface area contributed by atoms with E-state index in [-0.39, 0.29) is 5.54 Å². The van der Waals surface area contributed by atoms with Crippen molar-refractivity contribution in [3.05, 3.63) is 57.0 Å². The third-order valence-electron chi connectivity index (χ3n) is 2.87. The number of hydrogen-bond acceptors (Lipinski definition) is 2. The molecule has 0 amide bonds. The van der Waals surface area contributed by atoms with Crippen LogP contribution >= 0.6 is 31.9 Å². The average molecular weight is 413 g/mol. The van der Waals surface area contributed by atoms with Crippen molar-refractivity contribution in [2.24, 2.45) is 0 Å². The van der Waals surface area contributed by atoms with Gasteiger partial charge in [-0.15, -0.1) is 0 Å². The molecule has 2 nitrogen and oxygen atoms in total. The standard InChI is InChI=1S/C17H19Br2NO/c1-17(2,3)20-11-12-10-14(19)6-9-16(12)21-15-7-4-13(18)5-8-15/h4-10,20H,11H2,1-3H3. The Hall–Kier alpha value is -0.840. The molecule has 0 aliphatic carbocycles. The van der Waals surface area contributed by atoms with Gasteiger partial charge in [-0.1, -0.05) is 31.9 Å². The summed E-state index contributed by atoms with van der Waals surface area (Å²) in [5, 5.41) is 3.49. The van der Waals surface area contributed by atoms with Crippen LogP contribution in [0.4, 0.5) is 0 Å². The van der Waals surface area contributed by atoms with Crippen molar-refractivity contribution >= 4 is 31.9 Å². The molecule has 0 bridgehead atoms. The predicted molar refractivity (Wildman–Crippen MR) is 95.0 cm³/mol. The molecular formula is C17H19Br2NO. The zero-order valence-corrected chi connectivity index (χ0v) is 15.6. The first-order valence-corrected chi connectivity index (χ1v) is 8.39. The fraction of sp³-hybridized carbons (Fsp3) is 0.294. The van der Waals surface area contributed by atoms with Gasteiger partial charge >= 0.3 is 0 Å². The summed E-state index contributed by atoms with van der Waals surface area (Å²) < 4.78 is 8.10. The molecule has 0 atom stereocenters. The van der Waals surface area contributed by atoms with Gasteiger partial charge in [0.15, 0.2) is 0 Å². The van der Waals surface area contributed by atoms with E-state index in [1.165, 1.54) is 0 Å². The molecule has 0 fully saturated rings. The molecule has 21 heavy (non-hydrogen) atoms. The molecule has 112 valence electrons. The maximum atomic E-state index is 6.00.